The number of nitrogens with zero attached hydrogens (tertiary/aromatic N) is 3. The van der Waals surface area contributed by atoms with E-state index in [1.54, 1.807) is 6.07 Å². The normalized spacial score (nSPS) is 22.2. The van der Waals surface area contributed by atoms with Gasteiger partial charge in [-0.25, -0.2) is 0 Å². The Bertz CT molecular complexity index is 420. The predicted molar refractivity (Wildman–Crippen MR) is 60.0 cm³/mol. The van der Waals surface area contributed by atoms with Gasteiger partial charge in [0.1, 0.15) is 18.8 Å². The molecule has 0 aromatic carbocycles. The molecule has 1 heterocycles. The Balaban J connectivity index is 2.72. The van der Waals surface area contributed by atoms with Gasteiger partial charge in [0.2, 0.25) is 5.71 Å². The Morgan fingerprint density at radius 3 is 2.76 bits per heavy atom. The lowest BCUT2D eigenvalue weighted by Crippen LogP contribution is -2.41. The van der Waals surface area contributed by atoms with Gasteiger partial charge in [-0.15, -0.1) is 0 Å². The first-order valence-corrected chi connectivity index (χ1v) is 5.01. The summed E-state index contributed by atoms with van der Waals surface area (Å²) in [5.41, 5.74) is -0.847. The highest BCUT2D eigenvalue weighted by atomic mass is 16.7. The van der Waals surface area contributed by atoms with Crippen LogP contribution in [-0.4, -0.2) is 30.2 Å². The van der Waals surface area contributed by atoms with Crippen molar-refractivity contribution in [1.82, 2.24) is 5.32 Å². The van der Waals surface area contributed by atoms with Crippen molar-refractivity contribution in [3.8, 4) is 6.07 Å². The summed E-state index contributed by atoms with van der Waals surface area (Å²) in [4.78, 5) is 21.1. The molecule has 0 saturated heterocycles. The van der Waals surface area contributed by atoms with Crippen LogP contribution in [0.15, 0.2) is 10.3 Å². The van der Waals surface area contributed by atoms with Crippen molar-refractivity contribution in [2.24, 2.45) is 16.2 Å². The molecule has 7 heteroatoms. The summed E-state index contributed by atoms with van der Waals surface area (Å²) in [5.74, 6) is -0.380. The van der Waals surface area contributed by atoms with Gasteiger partial charge in [0, 0.05) is 0 Å². The molecule has 1 unspecified atom stereocenters. The molecule has 0 radical (unpaired) electrons. The van der Waals surface area contributed by atoms with Gasteiger partial charge in [0.05, 0.1) is 5.92 Å². The lowest BCUT2D eigenvalue weighted by atomic mass is 9.92. The minimum Gasteiger partial charge on any atom is -0.398 e. The average Bonchev–Trinajstić information content (AvgIpc) is 2.53. The molecule has 0 aliphatic carbocycles. The van der Waals surface area contributed by atoms with Crippen molar-refractivity contribution in [3.05, 3.63) is 0 Å². The van der Waals surface area contributed by atoms with Crippen LogP contribution >= 0.6 is 0 Å². The molecule has 0 fully saturated rings. The summed E-state index contributed by atoms with van der Waals surface area (Å²) in [6.45, 7) is 5.58. The Morgan fingerprint density at radius 1 is 1.71 bits per heavy atom. The number of oxime groups is 2. The van der Waals surface area contributed by atoms with Crippen molar-refractivity contribution in [2.45, 2.75) is 26.4 Å². The van der Waals surface area contributed by atoms with Gasteiger partial charge in [-0.2, -0.15) is 5.26 Å². The van der Waals surface area contributed by atoms with Gasteiger partial charge in [0.15, 0.2) is 5.84 Å². The van der Waals surface area contributed by atoms with Gasteiger partial charge >= 0.3 is 0 Å². The minimum absolute atomic E-state index is 0.0889. The number of hydrogen-bond donors (Lipinski definition) is 1. The fourth-order valence-electron chi connectivity index (χ4n) is 1.16. The zero-order valence-corrected chi connectivity index (χ0v) is 10.1. The lowest BCUT2D eigenvalue weighted by molar-refractivity contribution is -0.113. The van der Waals surface area contributed by atoms with Crippen molar-refractivity contribution in [2.75, 3.05) is 7.11 Å². The van der Waals surface area contributed by atoms with E-state index in [0.717, 1.165) is 0 Å². The number of rotatable bonds is 2. The molecule has 1 N–H and O–H groups in total. The van der Waals surface area contributed by atoms with E-state index in [9.17, 15) is 4.79 Å². The minimum atomic E-state index is -0.666. The molecule has 1 atom stereocenters. The lowest BCUT2D eigenvalue weighted by Gasteiger charge is -2.20. The summed E-state index contributed by atoms with van der Waals surface area (Å²) in [7, 11) is 1.26. The Labute approximate surface area is 99.0 Å². The average molecular weight is 238 g/mol. The van der Waals surface area contributed by atoms with Crippen LogP contribution in [0.2, 0.25) is 0 Å². The van der Waals surface area contributed by atoms with E-state index in [0.29, 0.717) is 5.84 Å². The van der Waals surface area contributed by atoms with Crippen LogP contribution in [0, 0.1) is 17.2 Å². The topological polar surface area (TPSA) is 96.1 Å². The molecule has 0 bridgehead atoms. The van der Waals surface area contributed by atoms with Crippen molar-refractivity contribution < 1.29 is 14.5 Å². The van der Waals surface area contributed by atoms with E-state index in [1.807, 2.05) is 20.8 Å². The maximum atomic E-state index is 11.6. The monoisotopic (exact) mass is 238 g/mol. The van der Waals surface area contributed by atoms with Gasteiger partial charge in [0.25, 0.3) is 5.91 Å². The third-order valence-electron chi connectivity index (χ3n) is 2.58. The molecule has 1 aliphatic rings. The van der Waals surface area contributed by atoms with E-state index in [1.165, 1.54) is 7.11 Å². The van der Waals surface area contributed by atoms with Gasteiger partial charge in [-0.05, 0) is 13.8 Å². The number of carbonyl (C=O) groups is 1. The van der Waals surface area contributed by atoms with Gasteiger partial charge in [-0.1, -0.05) is 17.2 Å². The second-order valence-corrected chi connectivity index (χ2v) is 4.08. The Kier molecular flexibility index (Phi) is 3.68. The SMILES string of the molecule is CO/N=C(\C#N)C(=O)NC1=NOC(C)(C)C1C. The largest absolute Gasteiger partial charge is 0.398 e. The zero-order chi connectivity index (χ0) is 13.1. The maximum Gasteiger partial charge on any atom is 0.289 e. The van der Waals surface area contributed by atoms with E-state index in [-0.39, 0.29) is 11.6 Å². The number of amidine groups is 1. The first kappa shape index (κ1) is 13.0. The van der Waals surface area contributed by atoms with E-state index in [2.05, 4.69) is 20.5 Å². The van der Waals surface area contributed by atoms with Gasteiger partial charge < -0.3 is 15.0 Å². The summed E-state index contributed by atoms with van der Waals surface area (Å²) in [6, 6.07) is 1.63. The summed E-state index contributed by atoms with van der Waals surface area (Å²) < 4.78 is 0. The molecule has 1 aliphatic heterocycles. The van der Waals surface area contributed by atoms with Crippen molar-refractivity contribution in [1.29, 1.82) is 5.26 Å². The number of amides is 1. The maximum absolute atomic E-state index is 11.6. The van der Waals surface area contributed by atoms with Crippen LogP contribution in [0.4, 0.5) is 0 Å². The molecule has 92 valence electrons. The molecular weight excluding hydrogens is 224 g/mol. The summed E-state index contributed by atoms with van der Waals surface area (Å²) in [6.07, 6.45) is 0. The predicted octanol–water partition coefficient (Wildman–Crippen LogP) is 0.387. The first-order chi connectivity index (χ1) is 7.92. The van der Waals surface area contributed by atoms with Crippen LogP contribution < -0.4 is 5.32 Å². The van der Waals surface area contributed by atoms with Crippen LogP contribution in [-0.2, 0) is 14.5 Å². The van der Waals surface area contributed by atoms with Crippen molar-refractivity contribution >= 4 is 17.5 Å². The van der Waals surface area contributed by atoms with E-state index in [4.69, 9.17) is 10.1 Å². The molecule has 0 saturated carbocycles. The highest BCUT2D eigenvalue weighted by Gasteiger charge is 2.39. The molecule has 0 spiro atoms. The third kappa shape index (κ3) is 2.72. The highest BCUT2D eigenvalue weighted by Crippen LogP contribution is 2.27. The summed E-state index contributed by atoms with van der Waals surface area (Å²) >= 11 is 0. The molecule has 0 aromatic rings. The number of nitrogens with one attached hydrogen (secondary N) is 1. The third-order valence-corrected chi connectivity index (χ3v) is 2.58. The molecule has 1 rings (SSSR count). The molecular formula is C10H14N4O3. The van der Waals surface area contributed by atoms with Crippen LogP contribution in [0.25, 0.3) is 0 Å². The van der Waals surface area contributed by atoms with Crippen LogP contribution in [0.5, 0.6) is 0 Å². The molecule has 0 aromatic heterocycles. The zero-order valence-electron chi connectivity index (χ0n) is 10.1. The fourth-order valence-corrected chi connectivity index (χ4v) is 1.16. The summed E-state index contributed by atoms with van der Waals surface area (Å²) in [5, 5.41) is 18.2. The number of carbonyl (C=O) groups excluding carboxylic acids is 1. The smallest absolute Gasteiger partial charge is 0.289 e. The molecule has 17 heavy (non-hydrogen) atoms. The fraction of sp³-hybridized carbons (Fsp3) is 0.600. The second-order valence-electron chi connectivity index (χ2n) is 4.08. The first-order valence-electron chi connectivity index (χ1n) is 5.01. The molecule has 7 nitrogen and oxygen atoms in total. The highest BCUT2D eigenvalue weighted by molar-refractivity contribution is 6.47. The second kappa shape index (κ2) is 4.82. The Morgan fingerprint density at radius 2 is 2.35 bits per heavy atom. The van der Waals surface area contributed by atoms with Crippen LogP contribution in [0.3, 0.4) is 0 Å². The standard InChI is InChI=1S/C10H14N4O3/c1-6-8(14-17-10(6,2)3)12-9(15)7(5-11)13-16-4/h6H,1-4H3,(H,12,14,15)/b13-7+. The van der Waals surface area contributed by atoms with Gasteiger partial charge in [-0.3, -0.25) is 4.79 Å². The van der Waals surface area contributed by atoms with Crippen LogP contribution in [0.1, 0.15) is 20.8 Å². The quantitative estimate of drug-likeness (QED) is 0.555. The van der Waals surface area contributed by atoms with E-state index >= 15 is 0 Å². The number of hydrogen-bond acceptors (Lipinski definition) is 6. The Hall–Kier alpha value is -2.10. The number of nitriles is 1. The van der Waals surface area contributed by atoms with E-state index < -0.39 is 11.5 Å². The molecule has 1 amide bonds. The van der Waals surface area contributed by atoms with Crippen molar-refractivity contribution in [3.63, 3.8) is 0 Å².